The van der Waals surface area contributed by atoms with Gasteiger partial charge in [0.05, 0.1) is 5.41 Å². The van der Waals surface area contributed by atoms with Gasteiger partial charge in [0, 0.05) is 36.6 Å². The molecule has 1 fully saturated rings. The average Bonchev–Trinajstić information content (AvgIpc) is 2.85. The van der Waals surface area contributed by atoms with E-state index in [9.17, 15) is 4.79 Å². The second kappa shape index (κ2) is 6.66. The van der Waals surface area contributed by atoms with E-state index in [-0.39, 0.29) is 11.3 Å². The van der Waals surface area contributed by atoms with Crippen molar-refractivity contribution in [3.05, 3.63) is 30.1 Å². The number of aryl methyl sites for hydroxylation is 2. The number of amides is 1. The Morgan fingerprint density at radius 1 is 1.37 bits per heavy atom. The molecule has 1 aliphatic heterocycles. The van der Waals surface area contributed by atoms with Crippen LogP contribution in [0.4, 0.5) is 0 Å². The van der Waals surface area contributed by atoms with Crippen LogP contribution < -0.4 is 9.88 Å². The van der Waals surface area contributed by atoms with E-state index < -0.39 is 0 Å². The highest BCUT2D eigenvalue weighted by Crippen LogP contribution is 2.42. The molecular weight excluding hydrogens is 276 g/mol. The van der Waals surface area contributed by atoms with E-state index in [1.165, 1.54) is 5.56 Å². The number of rotatable bonds is 5. The maximum Gasteiger partial charge on any atom is 0.227 e. The Kier molecular flexibility index (Phi) is 5.16. The van der Waals surface area contributed by atoms with E-state index >= 15 is 0 Å². The van der Waals surface area contributed by atoms with Gasteiger partial charge in [0.15, 0.2) is 12.4 Å². The number of nitrogens with one attached hydrogen (secondary N) is 1. The van der Waals surface area contributed by atoms with Crippen molar-refractivity contribution < 1.29 is 9.36 Å². The minimum atomic E-state index is -0.174. The zero-order valence-corrected chi connectivity index (χ0v) is 13.1. The molecule has 1 saturated heterocycles. The van der Waals surface area contributed by atoms with Gasteiger partial charge in [-0.05, 0) is 19.4 Å². The van der Waals surface area contributed by atoms with Crippen LogP contribution in [0.15, 0.2) is 24.5 Å². The molecule has 19 heavy (non-hydrogen) atoms. The highest BCUT2D eigenvalue weighted by molar-refractivity contribution is 8.77. The summed E-state index contributed by atoms with van der Waals surface area (Å²) in [6, 6.07) is 4.21. The van der Waals surface area contributed by atoms with E-state index in [1.807, 2.05) is 0 Å². The first-order chi connectivity index (χ1) is 9.10. The molecule has 5 heteroatoms. The number of carbonyl (C=O) groups excluding carboxylic acids is 1. The second-order valence-electron chi connectivity index (χ2n) is 5.31. The maximum absolute atomic E-state index is 12.1. The Hall–Kier alpha value is -0.680. The van der Waals surface area contributed by atoms with Gasteiger partial charge in [0.1, 0.15) is 6.54 Å². The normalized spacial score (nSPS) is 17.4. The minimum Gasteiger partial charge on any atom is -0.355 e. The third kappa shape index (κ3) is 4.14. The van der Waals surface area contributed by atoms with Gasteiger partial charge in [-0.15, -0.1) is 0 Å². The lowest BCUT2D eigenvalue weighted by molar-refractivity contribution is -0.697. The number of hydrogen-bond donors (Lipinski definition) is 1. The summed E-state index contributed by atoms with van der Waals surface area (Å²) in [4.78, 5) is 12.1. The van der Waals surface area contributed by atoms with Crippen molar-refractivity contribution in [1.29, 1.82) is 0 Å². The van der Waals surface area contributed by atoms with Crippen LogP contribution in [0.25, 0.3) is 0 Å². The maximum atomic E-state index is 12.1. The number of carbonyl (C=O) groups is 1. The first-order valence-electron chi connectivity index (χ1n) is 6.59. The summed E-state index contributed by atoms with van der Waals surface area (Å²) in [5.74, 6) is 2.06. The van der Waals surface area contributed by atoms with E-state index in [1.54, 1.807) is 21.6 Å². The Morgan fingerprint density at radius 2 is 2.00 bits per heavy atom. The zero-order valence-electron chi connectivity index (χ0n) is 11.5. The topological polar surface area (TPSA) is 33.0 Å². The Bertz CT molecular complexity index is 428. The molecule has 0 aromatic carbocycles. The Morgan fingerprint density at radius 3 is 2.63 bits per heavy atom. The van der Waals surface area contributed by atoms with Gasteiger partial charge in [-0.25, -0.2) is 4.57 Å². The van der Waals surface area contributed by atoms with Gasteiger partial charge in [0.25, 0.3) is 0 Å². The van der Waals surface area contributed by atoms with Gasteiger partial charge in [-0.2, -0.15) is 0 Å². The van der Waals surface area contributed by atoms with Crippen LogP contribution in [0.5, 0.6) is 0 Å². The fraction of sp³-hybridized carbons (Fsp3) is 0.571. The summed E-state index contributed by atoms with van der Waals surface area (Å²) >= 11 is 0. The van der Waals surface area contributed by atoms with Gasteiger partial charge in [0.2, 0.25) is 5.91 Å². The molecule has 1 aromatic heterocycles. The monoisotopic (exact) mass is 297 g/mol. The van der Waals surface area contributed by atoms with Crippen LogP contribution in [0, 0.1) is 12.3 Å². The third-order valence-electron chi connectivity index (χ3n) is 3.32. The molecule has 0 atom stereocenters. The van der Waals surface area contributed by atoms with Crippen molar-refractivity contribution in [1.82, 2.24) is 5.32 Å². The highest BCUT2D eigenvalue weighted by Gasteiger charge is 2.37. The molecule has 0 saturated carbocycles. The largest absolute Gasteiger partial charge is 0.355 e. The molecule has 2 rings (SSSR count). The lowest BCUT2D eigenvalue weighted by Crippen LogP contribution is -2.42. The predicted molar refractivity (Wildman–Crippen MR) is 82.0 cm³/mol. The van der Waals surface area contributed by atoms with Crippen LogP contribution in [-0.4, -0.2) is 24.0 Å². The molecule has 0 radical (unpaired) electrons. The molecule has 0 aliphatic carbocycles. The van der Waals surface area contributed by atoms with Crippen LogP contribution in [0.3, 0.4) is 0 Å². The molecule has 104 valence electrons. The van der Waals surface area contributed by atoms with Gasteiger partial charge < -0.3 is 5.32 Å². The van der Waals surface area contributed by atoms with E-state index in [0.29, 0.717) is 0 Å². The zero-order chi connectivity index (χ0) is 13.7. The Balaban J connectivity index is 1.69. The van der Waals surface area contributed by atoms with Gasteiger partial charge >= 0.3 is 0 Å². The molecule has 1 amide bonds. The second-order valence-corrected chi connectivity index (χ2v) is 7.77. The van der Waals surface area contributed by atoms with Crippen LogP contribution >= 0.6 is 21.6 Å². The molecular formula is C14H21N2OS2+. The number of nitrogens with zero attached hydrogens (tertiary/aromatic N) is 1. The van der Waals surface area contributed by atoms with Crippen molar-refractivity contribution in [2.24, 2.45) is 5.41 Å². The first-order valence-corrected chi connectivity index (χ1v) is 9.07. The van der Waals surface area contributed by atoms with Crippen LogP contribution in [0.2, 0.25) is 0 Å². The molecule has 2 heterocycles. The summed E-state index contributed by atoms with van der Waals surface area (Å²) in [6.07, 6.45) is 5.14. The molecule has 0 spiro atoms. The standard InChI is InChI=1S/C14H20N2OS2/c1-12-4-8-16(9-5-12)7-3-6-15-13(17)14(2)10-18-19-11-14/h4-5,8-9H,3,6-7,10-11H2,1-2H3/p+1. The van der Waals surface area contributed by atoms with Crippen LogP contribution in [-0.2, 0) is 11.3 Å². The van der Waals surface area contributed by atoms with Crippen molar-refractivity contribution in [2.45, 2.75) is 26.8 Å². The minimum absolute atomic E-state index is 0.174. The summed E-state index contributed by atoms with van der Waals surface area (Å²) in [6.45, 7) is 5.85. The fourth-order valence-electron chi connectivity index (χ4n) is 1.87. The number of hydrogen-bond acceptors (Lipinski definition) is 3. The first kappa shape index (κ1) is 14.7. The molecule has 1 aromatic rings. The molecule has 0 bridgehead atoms. The quantitative estimate of drug-likeness (QED) is 0.514. The van der Waals surface area contributed by atoms with Crippen molar-refractivity contribution in [3.8, 4) is 0 Å². The number of aromatic nitrogens is 1. The SMILES string of the molecule is Cc1cc[n+](CCCNC(=O)C2(C)CSSC2)cc1. The lowest BCUT2D eigenvalue weighted by atomic mass is 9.95. The van der Waals surface area contributed by atoms with Crippen molar-refractivity contribution in [3.63, 3.8) is 0 Å². The average molecular weight is 297 g/mol. The molecule has 1 aliphatic rings. The molecule has 3 nitrogen and oxygen atoms in total. The fourth-order valence-corrected chi connectivity index (χ4v) is 5.22. The predicted octanol–water partition coefficient (Wildman–Crippen LogP) is 2.19. The Labute approximate surface area is 122 Å². The lowest BCUT2D eigenvalue weighted by Gasteiger charge is -2.20. The van der Waals surface area contributed by atoms with Crippen molar-refractivity contribution in [2.75, 3.05) is 18.1 Å². The van der Waals surface area contributed by atoms with Crippen molar-refractivity contribution >= 4 is 27.5 Å². The van der Waals surface area contributed by atoms with E-state index in [2.05, 4.69) is 48.3 Å². The van der Waals surface area contributed by atoms with Gasteiger partial charge in [-0.1, -0.05) is 21.6 Å². The van der Waals surface area contributed by atoms with E-state index in [4.69, 9.17) is 0 Å². The van der Waals surface area contributed by atoms with Gasteiger partial charge in [-0.3, -0.25) is 4.79 Å². The summed E-state index contributed by atoms with van der Waals surface area (Å²) < 4.78 is 2.15. The summed E-state index contributed by atoms with van der Waals surface area (Å²) in [5, 5.41) is 3.07. The summed E-state index contributed by atoms with van der Waals surface area (Å²) in [5.41, 5.74) is 1.10. The molecule has 0 unspecified atom stereocenters. The summed E-state index contributed by atoms with van der Waals surface area (Å²) in [7, 11) is 3.60. The highest BCUT2D eigenvalue weighted by atomic mass is 33.1. The van der Waals surface area contributed by atoms with E-state index in [0.717, 1.165) is 31.0 Å². The van der Waals surface area contributed by atoms with Crippen LogP contribution in [0.1, 0.15) is 18.9 Å². The third-order valence-corrected chi connectivity index (χ3v) is 6.21. The smallest absolute Gasteiger partial charge is 0.227 e. The number of pyridine rings is 1. The molecule has 1 N–H and O–H groups in total.